The Balaban J connectivity index is 2.06. The fraction of sp³-hybridized carbons (Fsp3) is 0. The molecule has 6 nitrogen and oxygen atoms in total. The molecule has 7 heteroatoms. The van der Waals surface area contributed by atoms with Gasteiger partial charge < -0.3 is 10.5 Å². The molecule has 18 heavy (non-hydrogen) atoms. The first-order valence-electron chi connectivity index (χ1n) is 5.11. The first kappa shape index (κ1) is 11.0. The molecule has 0 radical (unpaired) electrons. The number of hydrogen-bond acceptors (Lipinski definition) is 5. The highest BCUT2D eigenvalue weighted by atomic mass is 79.9. The Bertz CT molecular complexity index is 711. The number of anilines is 1. The topological polar surface area (TPSA) is 78.3 Å². The normalized spacial score (nSPS) is 10.7. The third-order valence-electron chi connectivity index (χ3n) is 2.36. The molecular weight excluding hydrogens is 298 g/mol. The third kappa shape index (κ3) is 1.88. The minimum Gasteiger partial charge on any atom is -0.449 e. The van der Waals surface area contributed by atoms with Crippen molar-refractivity contribution >= 4 is 27.4 Å². The zero-order chi connectivity index (χ0) is 12.5. The summed E-state index contributed by atoms with van der Waals surface area (Å²) in [6.07, 6.45) is 5.05. The lowest BCUT2D eigenvalue weighted by molar-refractivity contribution is 0.484. The number of fused-ring (bicyclic) bond motifs is 1. The van der Waals surface area contributed by atoms with E-state index in [0.717, 1.165) is 4.47 Å². The minimum absolute atomic E-state index is 0.319. The van der Waals surface area contributed by atoms with Crippen molar-refractivity contribution < 1.29 is 4.74 Å². The van der Waals surface area contributed by atoms with Crippen molar-refractivity contribution in [2.75, 3.05) is 5.73 Å². The largest absolute Gasteiger partial charge is 0.449 e. The lowest BCUT2D eigenvalue weighted by Crippen LogP contribution is -1.96. The maximum absolute atomic E-state index is 5.76. The van der Waals surface area contributed by atoms with Gasteiger partial charge >= 0.3 is 0 Å². The summed E-state index contributed by atoms with van der Waals surface area (Å²) in [5.74, 6) is 1.36. The molecule has 0 aliphatic carbocycles. The molecule has 0 amide bonds. The van der Waals surface area contributed by atoms with Crippen LogP contribution in [0.1, 0.15) is 0 Å². The van der Waals surface area contributed by atoms with E-state index in [0.29, 0.717) is 23.0 Å². The second kappa shape index (κ2) is 4.26. The number of nitrogen functional groups attached to an aromatic ring is 1. The Hall–Kier alpha value is -2.15. The highest BCUT2D eigenvalue weighted by molar-refractivity contribution is 9.10. The van der Waals surface area contributed by atoms with Crippen molar-refractivity contribution in [3.63, 3.8) is 0 Å². The van der Waals surface area contributed by atoms with Crippen LogP contribution in [0.2, 0.25) is 0 Å². The predicted molar refractivity (Wildman–Crippen MR) is 69.4 cm³/mol. The number of ether oxygens (including phenoxy) is 1. The van der Waals surface area contributed by atoms with Crippen LogP contribution < -0.4 is 10.5 Å². The van der Waals surface area contributed by atoms with Crippen molar-refractivity contribution in [2.24, 2.45) is 0 Å². The van der Waals surface area contributed by atoms with E-state index < -0.39 is 0 Å². The van der Waals surface area contributed by atoms with Crippen molar-refractivity contribution in [3.05, 3.63) is 41.4 Å². The van der Waals surface area contributed by atoms with E-state index in [2.05, 4.69) is 31.1 Å². The number of nitrogens with two attached hydrogens (primary N) is 1. The Labute approximate surface area is 111 Å². The molecule has 3 aromatic heterocycles. The van der Waals surface area contributed by atoms with Crippen molar-refractivity contribution in [1.29, 1.82) is 0 Å². The summed E-state index contributed by atoms with van der Waals surface area (Å²) in [5, 5.41) is 7.80. The summed E-state index contributed by atoms with van der Waals surface area (Å²) < 4.78 is 8.27. The van der Waals surface area contributed by atoms with E-state index in [1.165, 1.54) is 0 Å². The molecule has 90 valence electrons. The molecule has 0 aliphatic rings. The summed E-state index contributed by atoms with van der Waals surface area (Å²) in [6, 6.07) is 5.39. The number of pyridine rings is 2. The molecule has 0 aliphatic heterocycles. The number of rotatable bonds is 2. The average molecular weight is 306 g/mol. The number of nitrogens with zero attached hydrogens (tertiary/aromatic N) is 4. The first-order chi connectivity index (χ1) is 8.74. The van der Waals surface area contributed by atoms with Gasteiger partial charge in [-0.15, -0.1) is 10.2 Å². The van der Waals surface area contributed by atoms with Crippen molar-refractivity contribution in [3.8, 4) is 11.5 Å². The maximum Gasteiger partial charge on any atom is 0.203 e. The number of aromatic nitrogens is 4. The third-order valence-corrected chi connectivity index (χ3v) is 2.79. The molecule has 3 aromatic rings. The highest BCUT2D eigenvalue weighted by Crippen LogP contribution is 2.30. The van der Waals surface area contributed by atoms with Gasteiger partial charge in [0.1, 0.15) is 6.33 Å². The van der Waals surface area contributed by atoms with Crippen molar-refractivity contribution in [1.82, 2.24) is 19.6 Å². The summed E-state index contributed by atoms with van der Waals surface area (Å²) in [4.78, 5) is 4.01. The molecule has 0 bridgehead atoms. The zero-order valence-corrected chi connectivity index (χ0v) is 10.7. The molecule has 0 saturated carbocycles. The smallest absolute Gasteiger partial charge is 0.203 e. The molecule has 0 saturated heterocycles. The van der Waals surface area contributed by atoms with Crippen LogP contribution in [-0.2, 0) is 0 Å². The minimum atomic E-state index is 0.319. The predicted octanol–water partition coefficient (Wildman–Crippen LogP) is 2.26. The van der Waals surface area contributed by atoms with Gasteiger partial charge in [-0.05, 0) is 28.1 Å². The fourth-order valence-electron chi connectivity index (χ4n) is 1.54. The van der Waals surface area contributed by atoms with Gasteiger partial charge in [-0.1, -0.05) is 0 Å². The molecule has 0 fully saturated rings. The molecule has 0 atom stereocenters. The van der Waals surface area contributed by atoms with Crippen LogP contribution in [0.25, 0.3) is 5.65 Å². The summed E-state index contributed by atoms with van der Waals surface area (Å²) >= 11 is 3.32. The molecule has 0 aromatic carbocycles. The van der Waals surface area contributed by atoms with Crippen LogP contribution in [0.4, 0.5) is 5.82 Å². The van der Waals surface area contributed by atoms with Crippen LogP contribution >= 0.6 is 15.9 Å². The molecular formula is C11H8BrN5O. The Morgan fingerprint density at radius 1 is 1.33 bits per heavy atom. The van der Waals surface area contributed by atoms with Gasteiger partial charge in [0, 0.05) is 22.9 Å². The molecule has 3 heterocycles. The van der Waals surface area contributed by atoms with Crippen LogP contribution in [-0.4, -0.2) is 19.6 Å². The van der Waals surface area contributed by atoms with Gasteiger partial charge in [0.25, 0.3) is 0 Å². The molecule has 3 rings (SSSR count). The maximum atomic E-state index is 5.76. The summed E-state index contributed by atoms with van der Waals surface area (Å²) in [6.45, 7) is 0. The van der Waals surface area contributed by atoms with Crippen LogP contribution in [0.3, 0.4) is 0 Å². The summed E-state index contributed by atoms with van der Waals surface area (Å²) in [5.41, 5.74) is 6.38. The van der Waals surface area contributed by atoms with E-state index in [9.17, 15) is 0 Å². The number of hydrogen-bond donors (Lipinski definition) is 1. The van der Waals surface area contributed by atoms with Gasteiger partial charge in [0.15, 0.2) is 17.3 Å². The van der Waals surface area contributed by atoms with Crippen molar-refractivity contribution in [2.45, 2.75) is 0 Å². The van der Waals surface area contributed by atoms with E-state index in [1.54, 1.807) is 29.1 Å². The second-order valence-corrected chi connectivity index (χ2v) is 4.49. The van der Waals surface area contributed by atoms with Gasteiger partial charge in [-0.3, -0.25) is 4.40 Å². The lowest BCUT2D eigenvalue weighted by Gasteiger charge is -2.08. The Morgan fingerprint density at radius 2 is 2.22 bits per heavy atom. The summed E-state index contributed by atoms with van der Waals surface area (Å²) in [7, 11) is 0. The second-order valence-electron chi connectivity index (χ2n) is 3.57. The van der Waals surface area contributed by atoms with Gasteiger partial charge in [0.05, 0.1) is 0 Å². The average Bonchev–Trinajstić information content (AvgIpc) is 2.83. The van der Waals surface area contributed by atoms with Gasteiger partial charge in [-0.2, -0.15) is 0 Å². The van der Waals surface area contributed by atoms with Crippen LogP contribution in [0, 0.1) is 0 Å². The van der Waals surface area contributed by atoms with E-state index >= 15 is 0 Å². The van der Waals surface area contributed by atoms with E-state index in [1.807, 2.05) is 12.3 Å². The quantitative estimate of drug-likeness (QED) is 0.785. The lowest BCUT2D eigenvalue weighted by atomic mass is 10.4. The van der Waals surface area contributed by atoms with Crippen LogP contribution in [0.5, 0.6) is 11.5 Å². The molecule has 0 spiro atoms. The van der Waals surface area contributed by atoms with E-state index in [-0.39, 0.29) is 0 Å². The zero-order valence-electron chi connectivity index (χ0n) is 9.12. The Morgan fingerprint density at radius 3 is 3.11 bits per heavy atom. The van der Waals surface area contributed by atoms with Gasteiger partial charge in [0.2, 0.25) is 5.65 Å². The SMILES string of the molecule is Nc1ncc(Br)cc1Oc1cccn2cnnc12. The van der Waals surface area contributed by atoms with Gasteiger partial charge in [-0.25, -0.2) is 4.98 Å². The number of halogens is 1. The first-order valence-corrected chi connectivity index (χ1v) is 5.90. The van der Waals surface area contributed by atoms with Crippen LogP contribution in [0.15, 0.2) is 41.4 Å². The fourth-order valence-corrected chi connectivity index (χ4v) is 1.85. The molecule has 0 unspecified atom stereocenters. The standard InChI is InChI=1S/C11H8BrN5O/c12-7-4-9(10(13)14-5-7)18-8-2-1-3-17-6-15-16-11(8)17/h1-6H,(H2,13,14). The highest BCUT2D eigenvalue weighted by Gasteiger charge is 2.09. The Kier molecular flexibility index (Phi) is 2.60. The monoisotopic (exact) mass is 305 g/mol. The molecule has 2 N–H and O–H groups in total. The van der Waals surface area contributed by atoms with E-state index in [4.69, 9.17) is 10.5 Å².